The van der Waals surface area contributed by atoms with Crippen molar-refractivity contribution in [3.8, 4) is 0 Å². The number of carboxylic acid groups (broad SMARTS) is 1. The van der Waals surface area contributed by atoms with E-state index in [1.54, 1.807) is 0 Å². The quantitative estimate of drug-likeness (QED) is 0.317. The van der Waals surface area contributed by atoms with Gasteiger partial charge in [0.15, 0.2) is 0 Å². The minimum atomic E-state index is -1.12. The molecule has 0 aliphatic carbocycles. The maximum absolute atomic E-state index is 12.3. The van der Waals surface area contributed by atoms with Gasteiger partial charge < -0.3 is 15.7 Å². The van der Waals surface area contributed by atoms with E-state index in [0.29, 0.717) is 12.8 Å². The Morgan fingerprint density at radius 1 is 1.00 bits per heavy atom. The Morgan fingerprint density at radius 3 is 2.29 bits per heavy atom. The van der Waals surface area contributed by atoms with E-state index in [2.05, 4.69) is 17.2 Å². The van der Waals surface area contributed by atoms with Crippen LogP contribution in [0.1, 0.15) is 56.9 Å². The van der Waals surface area contributed by atoms with Crippen molar-refractivity contribution in [2.75, 3.05) is 6.54 Å². The highest BCUT2D eigenvalue weighted by Crippen LogP contribution is 2.09. The third kappa shape index (κ3) is 11.2. The van der Waals surface area contributed by atoms with Crippen LogP contribution in [0.25, 0.3) is 0 Å². The SMILES string of the molecule is C=CCCCCCCCCC(=O)NC(Cc1ccccc1)C(=O)NCC(=O)O. The van der Waals surface area contributed by atoms with Crippen LogP contribution >= 0.6 is 0 Å². The van der Waals surface area contributed by atoms with Crippen LogP contribution < -0.4 is 10.6 Å². The van der Waals surface area contributed by atoms with Crippen molar-refractivity contribution in [2.45, 2.75) is 63.8 Å². The van der Waals surface area contributed by atoms with Gasteiger partial charge in [0, 0.05) is 12.8 Å². The van der Waals surface area contributed by atoms with Crippen molar-refractivity contribution in [1.82, 2.24) is 10.6 Å². The Morgan fingerprint density at radius 2 is 1.64 bits per heavy atom. The van der Waals surface area contributed by atoms with Gasteiger partial charge in [-0.2, -0.15) is 0 Å². The summed E-state index contributed by atoms with van der Waals surface area (Å²) in [6.07, 6.45) is 10.0. The van der Waals surface area contributed by atoms with E-state index < -0.39 is 24.5 Å². The predicted octanol–water partition coefficient (Wildman–Crippen LogP) is 3.22. The molecule has 6 nitrogen and oxygen atoms in total. The molecule has 2 amide bonds. The minimum absolute atomic E-state index is 0.182. The third-order valence-electron chi connectivity index (χ3n) is 4.41. The smallest absolute Gasteiger partial charge is 0.322 e. The molecule has 0 aliphatic heterocycles. The molecule has 0 aromatic heterocycles. The average molecular weight is 389 g/mol. The molecule has 3 N–H and O–H groups in total. The number of carbonyl (C=O) groups excluding carboxylic acids is 2. The van der Waals surface area contributed by atoms with Crippen LogP contribution in [0.3, 0.4) is 0 Å². The number of aliphatic carboxylic acids is 1. The summed E-state index contributed by atoms with van der Waals surface area (Å²) in [6.45, 7) is 3.24. The van der Waals surface area contributed by atoms with Crippen LogP contribution in [0, 0.1) is 0 Å². The summed E-state index contributed by atoms with van der Waals surface area (Å²) >= 11 is 0. The zero-order valence-electron chi connectivity index (χ0n) is 16.5. The predicted molar refractivity (Wildman–Crippen MR) is 110 cm³/mol. The number of rotatable bonds is 15. The van der Waals surface area contributed by atoms with Crippen LogP contribution in [0.2, 0.25) is 0 Å². The lowest BCUT2D eigenvalue weighted by Gasteiger charge is -2.18. The van der Waals surface area contributed by atoms with Crippen molar-refractivity contribution < 1.29 is 19.5 Å². The second kappa shape index (κ2) is 14.4. The summed E-state index contributed by atoms with van der Waals surface area (Å²) in [7, 11) is 0. The van der Waals surface area contributed by atoms with Crippen molar-refractivity contribution in [3.05, 3.63) is 48.6 Å². The number of amides is 2. The van der Waals surface area contributed by atoms with Crippen LogP contribution in [0.4, 0.5) is 0 Å². The zero-order valence-corrected chi connectivity index (χ0v) is 16.5. The van der Waals surface area contributed by atoms with Gasteiger partial charge in [-0.1, -0.05) is 62.1 Å². The number of nitrogens with one attached hydrogen (secondary N) is 2. The summed E-state index contributed by atoms with van der Waals surface area (Å²) in [5, 5.41) is 13.8. The second-order valence-corrected chi connectivity index (χ2v) is 6.87. The average Bonchev–Trinajstić information content (AvgIpc) is 2.68. The molecule has 1 aromatic carbocycles. The molecule has 1 aromatic rings. The third-order valence-corrected chi connectivity index (χ3v) is 4.41. The van der Waals surface area contributed by atoms with E-state index >= 15 is 0 Å². The summed E-state index contributed by atoms with van der Waals surface area (Å²) in [4.78, 5) is 35.2. The number of hydrogen-bond donors (Lipinski definition) is 3. The maximum Gasteiger partial charge on any atom is 0.322 e. The lowest BCUT2D eigenvalue weighted by atomic mass is 10.0. The molecule has 0 radical (unpaired) electrons. The van der Waals surface area contributed by atoms with Gasteiger partial charge in [0.1, 0.15) is 12.6 Å². The van der Waals surface area contributed by atoms with Crippen molar-refractivity contribution in [3.63, 3.8) is 0 Å². The van der Waals surface area contributed by atoms with E-state index in [4.69, 9.17) is 5.11 Å². The van der Waals surface area contributed by atoms with Gasteiger partial charge in [0.25, 0.3) is 0 Å². The van der Waals surface area contributed by atoms with Gasteiger partial charge in [0.05, 0.1) is 0 Å². The monoisotopic (exact) mass is 388 g/mol. The first-order valence-corrected chi connectivity index (χ1v) is 9.96. The summed E-state index contributed by atoms with van der Waals surface area (Å²) < 4.78 is 0. The Labute approximate surface area is 167 Å². The Balaban J connectivity index is 2.41. The number of allylic oxidation sites excluding steroid dienone is 1. The van der Waals surface area contributed by atoms with Crippen LogP contribution in [-0.4, -0.2) is 35.5 Å². The molecular weight excluding hydrogens is 356 g/mol. The molecule has 6 heteroatoms. The molecule has 154 valence electrons. The Kier molecular flexibility index (Phi) is 12.1. The Bertz CT molecular complexity index is 616. The fourth-order valence-corrected chi connectivity index (χ4v) is 2.89. The molecule has 28 heavy (non-hydrogen) atoms. The molecular formula is C22H32N2O4. The fourth-order valence-electron chi connectivity index (χ4n) is 2.89. The van der Waals surface area contributed by atoms with Gasteiger partial charge in [-0.15, -0.1) is 6.58 Å². The largest absolute Gasteiger partial charge is 0.480 e. The van der Waals surface area contributed by atoms with Gasteiger partial charge in [-0.3, -0.25) is 14.4 Å². The van der Waals surface area contributed by atoms with E-state index in [-0.39, 0.29) is 5.91 Å². The van der Waals surface area contributed by atoms with Gasteiger partial charge in [0.2, 0.25) is 11.8 Å². The van der Waals surface area contributed by atoms with E-state index in [9.17, 15) is 14.4 Å². The lowest BCUT2D eigenvalue weighted by Crippen LogP contribution is -2.49. The molecule has 0 fully saturated rings. The first-order chi connectivity index (χ1) is 13.5. The highest BCUT2D eigenvalue weighted by Gasteiger charge is 2.21. The summed E-state index contributed by atoms with van der Waals surface area (Å²) in [5.41, 5.74) is 0.901. The van der Waals surface area contributed by atoms with Crippen molar-refractivity contribution in [1.29, 1.82) is 0 Å². The molecule has 0 bridgehead atoms. The molecule has 1 atom stereocenters. The number of benzene rings is 1. The molecule has 1 unspecified atom stereocenters. The number of carboxylic acids is 1. The minimum Gasteiger partial charge on any atom is -0.480 e. The number of hydrogen-bond acceptors (Lipinski definition) is 3. The van der Waals surface area contributed by atoms with Crippen LogP contribution in [-0.2, 0) is 20.8 Å². The number of unbranched alkanes of at least 4 members (excludes halogenated alkanes) is 6. The fraction of sp³-hybridized carbons (Fsp3) is 0.500. The van der Waals surface area contributed by atoms with E-state index in [1.165, 1.54) is 6.42 Å². The van der Waals surface area contributed by atoms with Crippen molar-refractivity contribution >= 4 is 17.8 Å². The maximum atomic E-state index is 12.3. The first-order valence-electron chi connectivity index (χ1n) is 9.96. The van der Waals surface area contributed by atoms with Gasteiger partial charge in [-0.25, -0.2) is 0 Å². The lowest BCUT2D eigenvalue weighted by molar-refractivity contribution is -0.138. The van der Waals surface area contributed by atoms with E-state index in [1.807, 2.05) is 36.4 Å². The first kappa shape index (κ1) is 23.4. The van der Waals surface area contributed by atoms with Crippen LogP contribution in [0.5, 0.6) is 0 Å². The van der Waals surface area contributed by atoms with Crippen molar-refractivity contribution in [2.24, 2.45) is 0 Å². The molecule has 0 aliphatic rings. The Hall–Kier alpha value is -2.63. The standard InChI is InChI=1S/C22H32N2O4/c1-2-3-4-5-6-7-8-12-15-20(25)24-19(22(28)23-17-21(26)27)16-18-13-10-9-11-14-18/h2,9-11,13-14,19H,1,3-8,12,15-17H2,(H,23,28)(H,24,25)(H,26,27). The molecule has 0 spiro atoms. The highest BCUT2D eigenvalue weighted by atomic mass is 16.4. The second-order valence-electron chi connectivity index (χ2n) is 6.87. The molecule has 0 heterocycles. The zero-order chi connectivity index (χ0) is 20.6. The number of carbonyl (C=O) groups is 3. The van der Waals surface area contributed by atoms with Gasteiger partial charge in [-0.05, 0) is 24.8 Å². The molecule has 0 saturated heterocycles. The highest BCUT2D eigenvalue weighted by molar-refractivity contribution is 5.89. The summed E-state index contributed by atoms with van der Waals surface area (Å²) in [6, 6.07) is 8.55. The van der Waals surface area contributed by atoms with Crippen LogP contribution in [0.15, 0.2) is 43.0 Å². The molecule has 0 saturated carbocycles. The normalized spacial score (nSPS) is 11.4. The molecule has 1 rings (SSSR count). The summed E-state index contributed by atoms with van der Waals surface area (Å²) in [5.74, 6) is -1.79. The van der Waals surface area contributed by atoms with Gasteiger partial charge >= 0.3 is 5.97 Å². The topological polar surface area (TPSA) is 95.5 Å². The van der Waals surface area contributed by atoms with E-state index in [0.717, 1.165) is 44.1 Å².